The summed E-state index contributed by atoms with van der Waals surface area (Å²) in [6, 6.07) is 11.6. The van der Waals surface area contributed by atoms with E-state index in [9.17, 15) is 9.59 Å². The van der Waals surface area contributed by atoms with Crippen LogP contribution >= 0.6 is 0 Å². The number of furan rings is 1. The highest BCUT2D eigenvalue weighted by atomic mass is 16.5. The van der Waals surface area contributed by atoms with Gasteiger partial charge in [0, 0.05) is 10.9 Å². The molecule has 1 aromatic heterocycles. The van der Waals surface area contributed by atoms with Crippen LogP contribution in [0.4, 0.5) is 0 Å². The van der Waals surface area contributed by atoms with E-state index in [1.807, 2.05) is 0 Å². The average molecular weight is 326 g/mol. The summed E-state index contributed by atoms with van der Waals surface area (Å²) in [5.74, 6) is -0.258. The number of aliphatic carboxylic acids is 1. The quantitative estimate of drug-likeness (QED) is 0.700. The minimum atomic E-state index is -1.07. The molecule has 0 spiro atoms. The van der Waals surface area contributed by atoms with Gasteiger partial charge in [-0.25, -0.2) is 4.79 Å². The molecule has 0 bridgehead atoms. The topological polar surface area (TPSA) is 86.0 Å². The summed E-state index contributed by atoms with van der Waals surface area (Å²) in [5.41, 5.74) is 1.40. The molecule has 0 fully saturated rings. The first kappa shape index (κ1) is 15.6. The molecule has 0 saturated heterocycles. The van der Waals surface area contributed by atoms with Crippen LogP contribution in [0.5, 0.6) is 11.5 Å². The SMILES string of the molecule is COc1ccc(C(=O)c2coc3ccc(OCC(=O)O)cc23)cc1. The van der Waals surface area contributed by atoms with Crippen LogP contribution in [0, 0.1) is 0 Å². The fourth-order valence-corrected chi connectivity index (χ4v) is 2.32. The molecule has 0 aliphatic heterocycles. The number of benzene rings is 2. The Kier molecular flexibility index (Phi) is 4.20. The van der Waals surface area contributed by atoms with Crippen LogP contribution in [0.1, 0.15) is 15.9 Å². The van der Waals surface area contributed by atoms with Gasteiger partial charge in [-0.2, -0.15) is 0 Å². The molecule has 3 rings (SSSR count). The summed E-state index contributed by atoms with van der Waals surface area (Å²) in [5, 5.41) is 9.24. The van der Waals surface area contributed by atoms with E-state index in [0.717, 1.165) is 0 Å². The molecule has 1 heterocycles. The molecule has 6 nitrogen and oxygen atoms in total. The van der Waals surface area contributed by atoms with Crippen molar-refractivity contribution >= 4 is 22.7 Å². The highest BCUT2D eigenvalue weighted by Gasteiger charge is 2.16. The van der Waals surface area contributed by atoms with Gasteiger partial charge >= 0.3 is 5.97 Å². The second-order valence-electron chi connectivity index (χ2n) is 5.05. The van der Waals surface area contributed by atoms with Gasteiger partial charge in [0.05, 0.1) is 12.7 Å². The van der Waals surface area contributed by atoms with Crippen LogP contribution in [0.25, 0.3) is 11.0 Å². The van der Waals surface area contributed by atoms with Gasteiger partial charge in [0.15, 0.2) is 12.4 Å². The second kappa shape index (κ2) is 6.45. The largest absolute Gasteiger partial charge is 0.497 e. The van der Waals surface area contributed by atoms with Crippen molar-refractivity contribution < 1.29 is 28.6 Å². The summed E-state index contributed by atoms with van der Waals surface area (Å²) >= 11 is 0. The molecule has 1 N–H and O–H groups in total. The highest BCUT2D eigenvalue weighted by molar-refractivity contribution is 6.16. The number of ketones is 1. The molecular weight excluding hydrogens is 312 g/mol. The lowest BCUT2D eigenvalue weighted by Crippen LogP contribution is -2.09. The Labute approximate surface area is 137 Å². The van der Waals surface area contributed by atoms with Crippen molar-refractivity contribution in [1.29, 1.82) is 0 Å². The van der Waals surface area contributed by atoms with E-state index in [0.29, 0.717) is 33.6 Å². The lowest BCUT2D eigenvalue weighted by molar-refractivity contribution is -0.139. The number of fused-ring (bicyclic) bond motifs is 1. The number of hydrogen-bond acceptors (Lipinski definition) is 5. The molecule has 0 aliphatic carbocycles. The predicted octanol–water partition coefficient (Wildman–Crippen LogP) is 3.14. The van der Waals surface area contributed by atoms with Crippen molar-refractivity contribution in [3.8, 4) is 11.5 Å². The molecule has 6 heteroatoms. The van der Waals surface area contributed by atoms with Gasteiger partial charge in [0.2, 0.25) is 0 Å². The molecule has 0 saturated carbocycles. The fourth-order valence-electron chi connectivity index (χ4n) is 2.32. The second-order valence-corrected chi connectivity index (χ2v) is 5.05. The van der Waals surface area contributed by atoms with E-state index < -0.39 is 12.6 Å². The first-order valence-corrected chi connectivity index (χ1v) is 7.13. The molecule has 0 aliphatic rings. The smallest absolute Gasteiger partial charge is 0.341 e. The maximum Gasteiger partial charge on any atom is 0.341 e. The Balaban J connectivity index is 1.94. The van der Waals surface area contributed by atoms with E-state index in [1.54, 1.807) is 49.6 Å². The van der Waals surface area contributed by atoms with Crippen LogP contribution in [-0.2, 0) is 4.79 Å². The normalized spacial score (nSPS) is 10.5. The average Bonchev–Trinajstić information content (AvgIpc) is 3.02. The number of carbonyl (C=O) groups excluding carboxylic acids is 1. The van der Waals surface area contributed by atoms with Gasteiger partial charge < -0.3 is 19.0 Å². The van der Waals surface area contributed by atoms with Crippen LogP contribution in [0.2, 0.25) is 0 Å². The number of carbonyl (C=O) groups is 2. The lowest BCUT2D eigenvalue weighted by Gasteiger charge is -2.04. The molecule has 2 aromatic carbocycles. The summed E-state index contributed by atoms with van der Waals surface area (Å²) < 4.78 is 15.6. The fraction of sp³-hybridized carbons (Fsp3) is 0.111. The van der Waals surface area contributed by atoms with E-state index in [-0.39, 0.29) is 5.78 Å². The summed E-state index contributed by atoms with van der Waals surface area (Å²) in [4.78, 5) is 23.3. The van der Waals surface area contributed by atoms with Gasteiger partial charge in [0.25, 0.3) is 0 Å². The van der Waals surface area contributed by atoms with E-state index >= 15 is 0 Å². The number of carboxylic acids is 1. The van der Waals surface area contributed by atoms with E-state index in [1.165, 1.54) is 6.26 Å². The van der Waals surface area contributed by atoms with Crippen molar-refractivity contribution in [2.45, 2.75) is 0 Å². The monoisotopic (exact) mass is 326 g/mol. The zero-order valence-electron chi connectivity index (χ0n) is 12.8. The Bertz CT molecular complexity index is 892. The van der Waals surface area contributed by atoms with Crippen molar-refractivity contribution in [3.63, 3.8) is 0 Å². The first-order chi connectivity index (χ1) is 11.6. The third kappa shape index (κ3) is 3.08. The van der Waals surface area contributed by atoms with Crippen molar-refractivity contribution in [2.24, 2.45) is 0 Å². The Morgan fingerprint density at radius 1 is 1.08 bits per heavy atom. The zero-order valence-corrected chi connectivity index (χ0v) is 12.8. The van der Waals surface area contributed by atoms with Crippen LogP contribution < -0.4 is 9.47 Å². The molecule has 24 heavy (non-hydrogen) atoms. The number of rotatable bonds is 6. The standard InChI is InChI=1S/C18H14O6/c1-22-12-4-2-11(3-5-12)18(21)15-9-24-16-7-6-13(8-14(15)16)23-10-17(19)20/h2-9H,10H2,1H3,(H,19,20). The third-order valence-electron chi connectivity index (χ3n) is 3.50. The van der Waals surface area contributed by atoms with E-state index in [2.05, 4.69) is 0 Å². The summed E-state index contributed by atoms with van der Waals surface area (Å²) in [6.07, 6.45) is 1.39. The Hall–Kier alpha value is -3.28. The number of ether oxygens (including phenoxy) is 2. The molecule has 122 valence electrons. The van der Waals surface area contributed by atoms with Gasteiger partial charge in [-0.05, 0) is 42.5 Å². The van der Waals surface area contributed by atoms with Crippen LogP contribution in [0.3, 0.4) is 0 Å². The van der Waals surface area contributed by atoms with E-state index in [4.69, 9.17) is 19.0 Å². The van der Waals surface area contributed by atoms with Crippen LogP contribution in [-0.4, -0.2) is 30.6 Å². The van der Waals surface area contributed by atoms with Gasteiger partial charge in [-0.3, -0.25) is 4.79 Å². The minimum Gasteiger partial charge on any atom is -0.497 e. The molecule has 0 radical (unpaired) electrons. The maximum atomic E-state index is 12.7. The van der Waals surface area contributed by atoms with Gasteiger partial charge in [-0.15, -0.1) is 0 Å². The number of methoxy groups -OCH3 is 1. The number of carboxylic acid groups (broad SMARTS) is 1. The van der Waals surface area contributed by atoms with Gasteiger partial charge in [0.1, 0.15) is 23.3 Å². The molecule has 0 atom stereocenters. The molecular formula is C18H14O6. The highest BCUT2D eigenvalue weighted by Crippen LogP contribution is 2.28. The first-order valence-electron chi connectivity index (χ1n) is 7.13. The van der Waals surface area contributed by atoms with Gasteiger partial charge in [-0.1, -0.05) is 0 Å². The Morgan fingerprint density at radius 3 is 2.46 bits per heavy atom. The minimum absolute atomic E-state index is 0.202. The molecule has 0 amide bonds. The predicted molar refractivity (Wildman–Crippen MR) is 85.8 cm³/mol. The van der Waals surface area contributed by atoms with Crippen molar-refractivity contribution in [3.05, 3.63) is 59.9 Å². The van der Waals surface area contributed by atoms with Crippen LogP contribution in [0.15, 0.2) is 53.1 Å². The molecule has 3 aromatic rings. The Morgan fingerprint density at radius 2 is 1.79 bits per heavy atom. The van der Waals surface area contributed by atoms with Crippen molar-refractivity contribution in [1.82, 2.24) is 0 Å². The third-order valence-corrected chi connectivity index (χ3v) is 3.50. The summed E-state index contributed by atoms with van der Waals surface area (Å²) in [7, 11) is 1.55. The number of hydrogen-bond donors (Lipinski definition) is 1. The lowest BCUT2D eigenvalue weighted by atomic mass is 10.0. The summed E-state index contributed by atoms with van der Waals surface area (Å²) in [6.45, 7) is -0.453. The van der Waals surface area contributed by atoms with Crippen molar-refractivity contribution in [2.75, 3.05) is 13.7 Å². The zero-order chi connectivity index (χ0) is 17.1. The maximum absolute atomic E-state index is 12.7. The molecule has 0 unspecified atom stereocenters.